The highest BCUT2D eigenvalue weighted by Gasteiger charge is 2.24. The topological polar surface area (TPSA) is 158 Å². The van der Waals surface area contributed by atoms with Crippen LogP contribution in [0.1, 0.15) is 56.4 Å². The highest BCUT2D eigenvalue weighted by molar-refractivity contribution is 6.20. The van der Waals surface area contributed by atoms with Gasteiger partial charge in [-0.1, -0.05) is 76.2 Å². The average molecular weight is 755 g/mol. The lowest BCUT2D eigenvalue weighted by atomic mass is 9.78. The van der Waals surface area contributed by atoms with Crippen molar-refractivity contribution in [2.75, 3.05) is 52.9 Å². The van der Waals surface area contributed by atoms with E-state index in [1.165, 1.54) is 0 Å². The Bertz CT molecular complexity index is 1520. The molecule has 3 atom stereocenters. The van der Waals surface area contributed by atoms with Crippen LogP contribution in [-0.2, 0) is 10.8 Å². The molecule has 0 saturated heterocycles. The van der Waals surface area contributed by atoms with Crippen LogP contribution < -0.4 is 18.9 Å². The molecule has 4 aromatic carbocycles. The Morgan fingerprint density at radius 1 is 0.472 bits per heavy atom. The van der Waals surface area contributed by atoms with Crippen molar-refractivity contribution >= 4 is 11.6 Å². The predicted octanol–water partition coefficient (Wildman–Crippen LogP) is 5.23. The summed E-state index contributed by atoms with van der Waals surface area (Å²) < 4.78 is 22.0. The van der Waals surface area contributed by atoms with Crippen molar-refractivity contribution in [2.45, 2.75) is 62.5 Å². The van der Waals surface area contributed by atoms with Gasteiger partial charge in [0, 0.05) is 23.9 Å². The summed E-state index contributed by atoms with van der Waals surface area (Å²) in [7, 11) is 0. The fraction of sp³-hybridized carbons (Fsp3) is 0.429. The van der Waals surface area contributed by atoms with E-state index in [1.54, 1.807) is 0 Å². The number of aliphatic hydroxyl groups is 6. The third-order valence-electron chi connectivity index (χ3n) is 8.81. The van der Waals surface area contributed by atoms with Gasteiger partial charge in [0.1, 0.15) is 55.0 Å². The largest absolute Gasteiger partial charge is 0.494 e. The van der Waals surface area contributed by atoms with Crippen molar-refractivity contribution < 1.29 is 49.6 Å². The Hall–Kier alpha value is -3.87. The van der Waals surface area contributed by atoms with Gasteiger partial charge < -0.3 is 49.6 Å². The van der Waals surface area contributed by atoms with E-state index in [-0.39, 0.29) is 57.1 Å². The molecule has 0 radical (unpaired) electrons. The molecular weight excluding hydrogens is 700 g/mol. The fourth-order valence-corrected chi connectivity index (χ4v) is 5.25. The molecule has 0 aliphatic rings. The van der Waals surface area contributed by atoms with Crippen molar-refractivity contribution in [1.29, 1.82) is 0 Å². The lowest BCUT2D eigenvalue weighted by molar-refractivity contribution is 0.0536. The van der Waals surface area contributed by atoms with Crippen LogP contribution in [0.5, 0.6) is 23.0 Å². The van der Waals surface area contributed by atoms with Gasteiger partial charge in [-0.15, -0.1) is 11.6 Å². The molecular formula is C42H55ClO10. The van der Waals surface area contributed by atoms with Crippen molar-refractivity contribution in [1.82, 2.24) is 0 Å². The van der Waals surface area contributed by atoms with E-state index in [4.69, 9.17) is 51.0 Å². The second-order valence-corrected chi connectivity index (χ2v) is 14.3. The quantitative estimate of drug-likeness (QED) is 0.0522. The maximum atomic E-state index is 9.35. The van der Waals surface area contributed by atoms with Crippen LogP contribution >= 0.6 is 11.6 Å². The van der Waals surface area contributed by atoms with E-state index < -0.39 is 17.6 Å². The van der Waals surface area contributed by atoms with E-state index >= 15 is 0 Å². The molecule has 0 bridgehead atoms. The molecule has 0 fully saturated rings. The van der Waals surface area contributed by atoms with Gasteiger partial charge in [0.15, 0.2) is 0 Å². The normalized spacial score (nSPS) is 13.3. The zero-order valence-corrected chi connectivity index (χ0v) is 31.8. The molecule has 0 saturated carbocycles. The summed E-state index contributed by atoms with van der Waals surface area (Å²) in [6.07, 6.45) is -1.13. The second kappa shape index (κ2) is 21.7. The number of benzene rings is 4. The zero-order valence-electron chi connectivity index (χ0n) is 31.0. The predicted molar refractivity (Wildman–Crippen MR) is 207 cm³/mol. The van der Waals surface area contributed by atoms with E-state index in [2.05, 4.69) is 39.8 Å². The van der Waals surface area contributed by atoms with Crippen LogP contribution in [0.4, 0.5) is 0 Å². The molecule has 3 unspecified atom stereocenters. The van der Waals surface area contributed by atoms with Crippen LogP contribution in [0, 0.1) is 0 Å². The third kappa shape index (κ3) is 13.8. The van der Waals surface area contributed by atoms with Gasteiger partial charge in [0.2, 0.25) is 0 Å². The molecule has 0 heterocycles. The van der Waals surface area contributed by atoms with Crippen LogP contribution in [0.15, 0.2) is 97.1 Å². The van der Waals surface area contributed by atoms with Crippen LogP contribution in [0.25, 0.3) is 0 Å². The van der Waals surface area contributed by atoms with Crippen molar-refractivity contribution in [3.8, 4) is 23.0 Å². The van der Waals surface area contributed by atoms with Crippen molar-refractivity contribution in [3.63, 3.8) is 0 Å². The molecule has 290 valence electrons. The molecule has 10 nitrogen and oxygen atoms in total. The molecule has 4 rings (SSSR count). The van der Waals surface area contributed by atoms with Gasteiger partial charge in [-0.05, 0) is 70.8 Å². The Morgan fingerprint density at radius 3 is 1.06 bits per heavy atom. The minimum atomic E-state index is -0.881. The lowest BCUT2D eigenvalue weighted by Gasteiger charge is -2.26. The van der Waals surface area contributed by atoms with E-state index in [0.29, 0.717) is 30.3 Å². The van der Waals surface area contributed by atoms with Gasteiger partial charge in [0.05, 0.1) is 31.8 Å². The van der Waals surface area contributed by atoms with Gasteiger partial charge >= 0.3 is 0 Å². The Balaban J connectivity index is 0.000000286. The first-order valence-corrected chi connectivity index (χ1v) is 18.1. The SMILES string of the molecule is CC(C)(c1ccc(OCC(O)CO)cc1)c1ccc(OCC(Cl)CO)cc1.CC(C)(c1ccc(OCCCO)cc1)c1ccc(OCC(O)CO)cc1. The number of ether oxygens (including phenoxy) is 4. The minimum Gasteiger partial charge on any atom is -0.494 e. The summed E-state index contributed by atoms with van der Waals surface area (Å²) in [6.45, 7) is 8.83. The first-order valence-electron chi connectivity index (χ1n) is 17.7. The second-order valence-electron chi connectivity index (χ2n) is 13.7. The fourth-order valence-electron chi connectivity index (χ4n) is 5.19. The number of aliphatic hydroxyl groups excluding tert-OH is 6. The van der Waals surface area contributed by atoms with Crippen molar-refractivity contribution in [2.24, 2.45) is 0 Å². The van der Waals surface area contributed by atoms with Crippen LogP contribution in [0.3, 0.4) is 0 Å². The highest BCUT2D eigenvalue weighted by atomic mass is 35.5. The smallest absolute Gasteiger partial charge is 0.119 e. The summed E-state index contributed by atoms with van der Waals surface area (Å²) in [6, 6.07) is 31.3. The first kappa shape index (κ1) is 43.5. The maximum absolute atomic E-state index is 9.35. The van der Waals surface area contributed by atoms with Gasteiger partial charge in [-0.2, -0.15) is 0 Å². The van der Waals surface area contributed by atoms with Crippen LogP contribution in [-0.4, -0.2) is 101 Å². The molecule has 0 spiro atoms. The number of halogens is 1. The monoisotopic (exact) mass is 754 g/mol. The molecule has 0 aromatic heterocycles. The molecule has 4 aromatic rings. The molecule has 0 amide bonds. The Labute approximate surface area is 318 Å². The molecule has 53 heavy (non-hydrogen) atoms. The summed E-state index contributed by atoms with van der Waals surface area (Å²) in [4.78, 5) is 0. The Morgan fingerprint density at radius 2 is 0.774 bits per heavy atom. The number of alkyl halides is 1. The number of hydrogen-bond donors (Lipinski definition) is 6. The molecule has 0 aliphatic carbocycles. The van der Waals surface area contributed by atoms with Gasteiger partial charge in [0.25, 0.3) is 0 Å². The summed E-state index contributed by atoms with van der Waals surface area (Å²) in [5, 5.41) is 53.7. The number of hydrogen-bond acceptors (Lipinski definition) is 10. The van der Waals surface area contributed by atoms with Crippen molar-refractivity contribution in [3.05, 3.63) is 119 Å². The van der Waals surface area contributed by atoms with E-state index in [1.807, 2.05) is 84.9 Å². The Kier molecular flexibility index (Phi) is 17.9. The lowest BCUT2D eigenvalue weighted by Crippen LogP contribution is -2.21. The highest BCUT2D eigenvalue weighted by Crippen LogP contribution is 2.35. The van der Waals surface area contributed by atoms with E-state index in [0.717, 1.165) is 28.0 Å². The average Bonchev–Trinajstić information content (AvgIpc) is 3.19. The van der Waals surface area contributed by atoms with Gasteiger partial charge in [-0.3, -0.25) is 0 Å². The standard InChI is InChI=1S/C21H27ClO5.C21H28O5/c1-21(2,15-3-7-19(8-4-15)26-13-17(22)11-23)16-5-9-20(10-6-16)27-14-18(25)12-24;1-21(2,16-4-8-19(9-5-16)25-13-3-12-22)17-6-10-20(11-7-17)26-15-18(24)14-23/h3-10,17-18,23-25H,11-14H2,1-2H3;4-11,18,22-24H,3,12-15H2,1-2H3. The molecule has 6 N–H and O–H groups in total. The molecule has 11 heteroatoms. The maximum Gasteiger partial charge on any atom is 0.119 e. The third-order valence-corrected chi connectivity index (χ3v) is 9.07. The van der Waals surface area contributed by atoms with Gasteiger partial charge in [-0.25, -0.2) is 0 Å². The zero-order chi connectivity index (χ0) is 38.9. The minimum absolute atomic E-state index is 0.0557. The summed E-state index contributed by atoms with van der Waals surface area (Å²) in [5.74, 6) is 2.80. The summed E-state index contributed by atoms with van der Waals surface area (Å²) in [5.41, 5.74) is 4.14. The summed E-state index contributed by atoms with van der Waals surface area (Å²) >= 11 is 5.85. The molecule has 0 aliphatic heterocycles. The first-order chi connectivity index (χ1) is 25.3. The number of rotatable bonds is 20. The van der Waals surface area contributed by atoms with E-state index in [9.17, 15) is 10.2 Å². The van der Waals surface area contributed by atoms with Crippen LogP contribution in [0.2, 0.25) is 0 Å².